The van der Waals surface area contributed by atoms with Gasteiger partial charge in [-0.2, -0.15) is 0 Å². The lowest BCUT2D eigenvalue weighted by Crippen LogP contribution is -2.46. The molecular formula is C16H14Cl2FNO. The highest BCUT2D eigenvalue weighted by Crippen LogP contribution is 2.32. The molecular weight excluding hydrogens is 312 g/mol. The molecule has 1 aliphatic rings. The molecule has 1 N–H and O–H groups in total. The second-order valence-electron chi connectivity index (χ2n) is 5.08. The minimum atomic E-state index is -0.425. The van der Waals surface area contributed by atoms with Gasteiger partial charge < -0.3 is 10.1 Å². The standard InChI is InChI=1S/C16H14Cl2FNO/c17-12-2-4-13(5-3-12)21-16(11-8-20-9-11)10-1-6-14(18)15(19)7-10/h1-7,11,16,20H,8-9H2/t16-/m1/s1. The predicted molar refractivity (Wildman–Crippen MR) is 82.6 cm³/mol. The van der Waals surface area contributed by atoms with Crippen LogP contribution in [-0.4, -0.2) is 13.1 Å². The summed E-state index contributed by atoms with van der Waals surface area (Å²) in [5, 5.41) is 3.99. The Morgan fingerprint density at radius 3 is 2.38 bits per heavy atom. The van der Waals surface area contributed by atoms with Gasteiger partial charge in [-0.3, -0.25) is 0 Å². The molecule has 0 saturated carbocycles. The van der Waals surface area contributed by atoms with E-state index in [9.17, 15) is 4.39 Å². The summed E-state index contributed by atoms with van der Waals surface area (Å²) in [6.07, 6.45) is -0.209. The lowest BCUT2D eigenvalue weighted by atomic mass is 9.90. The van der Waals surface area contributed by atoms with Gasteiger partial charge in [0.1, 0.15) is 17.7 Å². The number of benzene rings is 2. The third-order valence-electron chi connectivity index (χ3n) is 3.59. The lowest BCUT2D eigenvalue weighted by molar-refractivity contribution is 0.0990. The molecule has 1 atom stereocenters. The number of rotatable bonds is 4. The van der Waals surface area contributed by atoms with Crippen molar-refractivity contribution in [3.05, 3.63) is 63.9 Å². The zero-order valence-corrected chi connectivity index (χ0v) is 12.7. The molecule has 0 aliphatic carbocycles. The molecule has 5 heteroatoms. The Labute approximate surface area is 132 Å². The van der Waals surface area contributed by atoms with E-state index in [1.807, 2.05) is 18.2 Å². The molecule has 0 spiro atoms. The first kappa shape index (κ1) is 14.6. The summed E-state index contributed by atoms with van der Waals surface area (Å²) >= 11 is 11.6. The van der Waals surface area contributed by atoms with E-state index in [0.717, 1.165) is 18.7 Å². The van der Waals surface area contributed by atoms with Gasteiger partial charge in [0.2, 0.25) is 0 Å². The van der Waals surface area contributed by atoms with E-state index in [1.54, 1.807) is 18.2 Å². The summed E-state index contributed by atoms with van der Waals surface area (Å²) in [4.78, 5) is 0. The SMILES string of the molecule is Fc1cc([C@@H](Oc2ccc(Cl)cc2)C2CNC2)ccc1Cl. The van der Waals surface area contributed by atoms with Gasteiger partial charge in [0.15, 0.2) is 0 Å². The molecule has 3 rings (SSSR count). The highest BCUT2D eigenvalue weighted by atomic mass is 35.5. The second-order valence-corrected chi connectivity index (χ2v) is 5.93. The third kappa shape index (κ3) is 3.31. The summed E-state index contributed by atoms with van der Waals surface area (Å²) in [5.74, 6) is 0.596. The van der Waals surface area contributed by atoms with Crippen LogP contribution in [0.2, 0.25) is 10.0 Å². The normalized spacial score (nSPS) is 16.3. The topological polar surface area (TPSA) is 21.3 Å². The van der Waals surface area contributed by atoms with Gasteiger partial charge in [0.05, 0.1) is 5.02 Å². The van der Waals surface area contributed by atoms with Crippen LogP contribution in [0.4, 0.5) is 4.39 Å². The van der Waals surface area contributed by atoms with Gasteiger partial charge in [0.25, 0.3) is 0 Å². The van der Waals surface area contributed by atoms with E-state index in [1.165, 1.54) is 6.07 Å². The summed E-state index contributed by atoms with van der Waals surface area (Å²) in [6, 6.07) is 12.0. The third-order valence-corrected chi connectivity index (χ3v) is 4.15. The van der Waals surface area contributed by atoms with Crippen LogP contribution < -0.4 is 10.1 Å². The first-order chi connectivity index (χ1) is 10.1. The van der Waals surface area contributed by atoms with E-state index >= 15 is 0 Å². The molecule has 1 aliphatic heterocycles. The maximum atomic E-state index is 13.7. The number of hydrogen-bond acceptors (Lipinski definition) is 2. The number of halogens is 3. The summed E-state index contributed by atoms with van der Waals surface area (Å²) in [5.41, 5.74) is 0.790. The van der Waals surface area contributed by atoms with Crippen LogP contribution in [0.1, 0.15) is 11.7 Å². The van der Waals surface area contributed by atoms with Gasteiger partial charge in [-0.25, -0.2) is 4.39 Å². The molecule has 0 unspecified atom stereocenters. The maximum Gasteiger partial charge on any atom is 0.142 e. The molecule has 2 aromatic carbocycles. The van der Waals surface area contributed by atoms with Gasteiger partial charge in [0, 0.05) is 24.0 Å². The Hall–Kier alpha value is -1.29. The number of nitrogens with one attached hydrogen (secondary N) is 1. The summed E-state index contributed by atoms with van der Waals surface area (Å²) in [7, 11) is 0. The fourth-order valence-electron chi connectivity index (χ4n) is 2.31. The summed E-state index contributed by atoms with van der Waals surface area (Å²) in [6.45, 7) is 1.70. The molecule has 0 radical (unpaired) electrons. The van der Waals surface area contributed by atoms with Gasteiger partial charge in [-0.15, -0.1) is 0 Å². The quantitative estimate of drug-likeness (QED) is 0.895. The predicted octanol–water partition coefficient (Wildman–Crippen LogP) is 4.47. The van der Waals surface area contributed by atoms with Gasteiger partial charge in [-0.05, 0) is 42.0 Å². The fraction of sp³-hybridized carbons (Fsp3) is 0.250. The van der Waals surface area contributed by atoms with Crippen molar-refractivity contribution in [2.24, 2.45) is 5.92 Å². The van der Waals surface area contributed by atoms with Crippen molar-refractivity contribution in [2.45, 2.75) is 6.10 Å². The molecule has 2 aromatic rings. The molecule has 2 nitrogen and oxygen atoms in total. The van der Waals surface area contributed by atoms with Crippen molar-refractivity contribution in [2.75, 3.05) is 13.1 Å². The first-order valence-electron chi connectivity index (χ1n) is 6.71. The smallest absolute Gasteiger partial charge is 0.142 e. The van der Waals surface area contributed by atoms with Crippen molar-refractivity contribution in [3.63, 3.8) is 0 Å². The van der Waals surface area contributed by atoms with E-state index in [4.69, 9.17) is 27.9 Å². The molecule has 1 fully saturated rings. The van der Waals surface area contributed by atoms with Crippen LogP contribution in [0.25, 0.3) is 0 Å². The van der Waals surface area contributed by atoms with E-state index in [2.05, 4.69) is 5.32 Å². The Morgan fingerprint density at radius 1 is 1.10 bits per heavy atom. The maximum absolute atomic E-state index is 13.7. The molecule has 0 amide bonds. The Kier molecular flexibility index (Phi) is 4.34. The fourth-order valence-corrected chi connectivity index (χ4v) is 2.55. The monoisotopic (exact) mass is 325 g/mol. The lowest BCUT2D eigenvalue weighted by Gasteiger charge is -2.35. The average molecular weight is 326 g/mol. The van der Waals surface area contributed by atoms with Crippen LogP contribution in [0, 0.1) is 11.7 Å². The summed E-state index contributed by atoms with van der Waals surface area (Å²) < 4.78 is 19.7. The van der Waals surface area contributed by atoms with Crippen molar-refractivity contribution in [1.82, 2.24) is 5.32 Å². The minimum absolute atomic E-state index is 0.121. The average Bonchev–Trinajstić information content (AvgIpc) is 2.41. The van der Waals surface area contributed by atoms with E-state index in [-0.39, 0.29) is 11.1 Å². The molecule has 0 bridgehead atoms. The minimum Gasteiger partial charge on any atom is -0.485 e. The van der Waals surface area contributed by atoms with E-state index < -0.39 is 5.82 Å². The number of hydrogen-bond donors (Lipinski definition) is 1. The van der Waals surface area contributed by atoms with Crippen LogP contribution in [0.15, 0.2) is 42.5 Å². The zero-order chi connectivity index (χ0) is 14.8. The zero-order valence-electron chi connectivity index (χ0n) is 11.2. The highest BCUT2D eigenvalue weighted by Gasteiger charge is 2.30. The van der Waals surface area contributed by atoms with Crippen molar-refractivity contribution < 1.29 is 9.13 Å². The van der Waals surface area contributed by atoms with Crippen molar-refractivity contribution >= 4 is 23.2 Å². The van der Waals surface area contributed by atoms with Crippen LogP contribution in [-0.2, 0) is 0 Å². The Balaban J connectivity index is 1.86. The Bertz CT molecular complexity index is 629. The van der Waals surface area contributed by atoms with Crippen LogP contribution in [0.3, 0.4) is 0 Å². The molecule has 21 heavy (non-hydrogen) atoms. The van der Waals surface area contributed by atoms with Crippen molar-refractivity contribution in [1.29, 1.82) is 0 Å². The molecule has 110 valence electrons. The second kappa shape index (κ2) is 6.22. The molecule has 1 heterocycles. The molecule has 1 saturated heterocycles. The van der Waals surface area contributed by atoms with Crippen molar-refractivity contribution in [3.8, 4) is 5.75 Å². The number of ether oxygens (including phenoxy) is 1. The highest BCUT2D eigenvalue weighted by molar-refractivity contribution is 6.30. The Morgan fingerprint density at radius 2 is 1.81 bits per heavy atom. The van der Waals surface area contributed by atoms with Crippen LogP contribution >= 0.6 is 23.2 Å². The van der Waals surface area contributed by atoms with Gasteiger partial charge in [-0.1, -0.05) is 29.3 Å². The largest absolute Gasteiger partial charge is 0.485 e. The van der Waals surface area contributed by atoms with Gasteiger partial charge >= 0.3 is 0 Å². The van der Waals surface area contributed by atoms with E-state index in [0.29, 0.717) is 16.7 Å². The first-order valence-corrected chi connectivity index (χ1v) is 7.47. The van der Waals surface area contributed by atoms with Crippen LogP contribution in [0.5, 0.6) is 5.75 Å². The molecule has 0 aromatic heterocycles.